The molecule has 14 rings (SSSR count). The smallest absolute Gasteiger partial charge is 0.143 e. The molecule has 0 N–H and O–H groups in total. The third-order valence-corrected chi connectivity index (χ3v) is 15.4. The van der Waals surface area contributed by atoms with Crippen molar-refractivity contribution in [3.05, 3.63) is 221 Å². The van der Waals surface area contributed by atoms with Crippen LogP contribution in [0, 0.1) is 0 Å². The quantitative estimate of drug-likeness (QED) is 0.177. The molecule has 1 unspecified atom stereocenters. The zero-order valence-corrected chi connectivity index (χ0v) is 34.5. The molecule has 3 aliphatic rings. The number of benzene rings is 9. The van der Waals surface area contributed by atoms with Crippen LogP contribution in [0.4, 0.5) is 17.1 Å². The van der Waals surface area contributed by atoms with Crippen LogP contribution in [0.1, 0.15) is 47.2 Å². The fraction of sp³-hybridized carbons (Fsp3) is 0.0690. The SMILES string of the molecule is CC1(C)c2ccccc2-c2ccc(N(c3ccc4sc5ccccc5c4c3)c3cccc4c3C3(c5ccccc5-4)c4ccccc4-c4c3ccc3c4oc4ccccc43)cc21. The number of nitrogens with zero attached hydrogens (tertiary/aromatic N) is 1. The van der Waals surface area contributed by atoms with Gasteiger partial charge in [-0.15, -0.1) is 11.3 Å². The molecule has 0 radical (unpaired) electrons. The second kappa shape index (κ2) is 11.8. The molecule has 2 aromatic heterocycles. The van der Waals surface area contributed by atoms with Crippen molar-refractivity contribution in [2.24, 2.45) is 0 Å². The Morgan fingerprint density at radius 3 is 1.90 bits per heavy atom. The largest absolute Gasteiger partial charge is 0.455 e. The molecule has 0 bridgehead atoms. The van der Waals surface area contributed by atoms with Gasteiger partial charge in [-0.3, -0.25) is 0 Å². The van der Waals surface area contributed by atoms with Gasteiger partial charge in [0.25, 0.3) is 0 Å². The fourth-order valence-electron chi connectivity index (χ4n) is 11.7. The molecule has 3 aliphatic carbocycles. The van der Waals surface area contributed by atoms with Crippen LogP contribution in [0.2, 0.25) is 0 Å². The van der Waals surface area contributed by atoms with Crippen molar-refractivity contribution >= 4 is 70.5 Å². The van der Waals surface area contributed by atoms with Crippen LogP contribution in [0.5, 0.6) is 0 Å². The van der Waals surface area contributed by atoms with Gasteiger partial charge in [-0.1, -0.05) is 153 Å². The molecule has 1 spiro atoms. The van der Waals surface area contributed by atoms with Gasteiger partial charge in [0.05, 0.1) is 11.1 Å². The Bertz CT molecular complexity index is 3710. The minimum absolute atomic E-state index is 0.154. The summed E-state index contributed by atoms with van der Waals surface area (Å²) < 4.78 is 9.50. The number of hydrogen-bond donors (Lipinski definition) is 0. The van der Waals surface area contributed by atoms with E-state index in [1.54, 1.807) is 0 Å². The Morgan fingerprint density at radius 2 is 1.05 bits per heavy atom. The summed E-state index contributed by atoms with van der Waals surface area (Å²) in [6.45, 7) is 4.76. The Kier molecular flexibility index (Phi) is 6.48. The highest BCUT2D eigenvalue weighted by molar-refractivity contribution is 7.25. The third-order valence-electron chi connectivity index (χ3n) is 14.3. The lowest BCUT2D eigenvalue weighted by Crippen LogP contribution is -2.28. The number of para-hydroxylation sites is 1. The highest BCUT2D eigenvalue weighted by atomic mass is 32.1. The Morgan fingerprint density at radius 1 is 0.426 bits per heavy atom. The van der Waals surface area contributed by atoms with Crippen molar-refractivity contribution in [1.29, 1.82) is 0 Å². The second-order valence-electron chi connectivity index (χ2n) is 17.5. The van der Waals surface area contributed by atoms with Gasteiger partial charge < -0.3 is 9.32 Å². The summed E-state index contributed by atoms with van der Waals surface area (Å²) in [5, 5.41) is 4.88. The zero-order chi connectivity index (χ0) is 40.2. The van der Waals surface area contributed by atoms with Crippen molar-refractivity contribution in [2.75, 3.05) is 4.90 Å². The van der Waals surface area contributed by atoms with Crippen molar-refractivity contribution < 1.29 is 4.42 Å². The van der Waals surface area contributed by atoms with Crippen LogP contribution in [-0.2, 0) is 10.8 Å². The molecule has 61 heavy (non-hydrogen) atoms. The highest BCUT2D eigenvalue weighted by Crippen LogP contribution is 2.66. The molecule has 286 valence electrons. The maximum Gasteiger partial charge on any atom is 0.143 e. The fourth-order valence-corrected chi connectivity index (χ4v) is 12.8. The van der Waals surface area contributed by atoms with E-state index in [-0.39, 0.29) is 5.41 Å². The molecule has 9 aromatic carbocycles. The molecule has 3 heteroatoms. The van der Waals surface area contributed by atoms with Gasteiger partial charge in [0.1, 0.15) is 11.2 Å². The predicted molar refractivity (Wildman–Crippen MR) is 255 cm³/mol. The second-order valence-corrected chi connectivity index (χ2v) is 18.6. The molecule has 0 aliphatic heterocycles. The van der Waals surface area contributed by atoms with Crippen LogP contribution in [0.25, 0.3) is 75.5 Å². The van der Waals surface area contributed by atoms with Crippen molar-refractivity contribution in [2.45, 2.75) is 24.7 Å². The zero-order valence-electron chi connectivity index (χ0n) is 33.7. The third kappa shape index (κ3) is 4.17. The summed E-state index contributed by atoms with van der Waals surface area (Å²) in [5.74, 6) is 0. The average molecular weight is 796 g/mol. The maximum absolute atomic E-state index is 6.89. The van der Waals surface area contributed by atoms with Gasteiger partial charge in [-0.25, -0.2) is 0 Å². The number of anilines is 3. The topological polar surface area (TPSA) is 16.4 Å². The molecular formula is C58H37NOS. The first-order valence-corrected chi connectivity index (χ1v) is 22.1. The summed E-state index contributed by atoms with van der Waals surface area (Å²) in [5.41, 5.74) is 20.1. The first-order chi connectivity index (χ1) is 30.0. The van der Waals surface area contributed by atoms with E-state index < -0.39 is 5.41 Å². The Balaban J connectivity index is 1.10. The summed E-state index contributed by atoms with van der Waals surface area (Å²) in [4.78, 5) is 2.57. The van der Waals surface area contributed by atoms with E-state index in [0.29, 0.717) is 0 Å². The number of thiophene rings is 1. The number of rotatable bonds is 3. The Hall–Kier alpha value is -7.20. The molecule has 0 amide bonds. The minimum atomic E-state index is -0.606. The number of hydrogen-bond acceptors (Lipinski definition) is 3. The summed E-state index contributed by atoms with van der Waals surface area (Å²) in [6, 6.07) is 70.5. The van der Waals surface area contributed by atoms with E-state index in [9.17, 15) is 0 Å². The summed E-state index contributed by atoms with van der Waals surface area (Å²) >= 11 is 1.87. The van der Waals surface area contributed by atoms with Gasteiger partial charge in [0.15, 0.2) is 0 Å². The standard InChI is InChI=1S/C58H37NOS/c1-57(2)45-20-8-3-14-36(45)38-28-26-35(33-49(38)57)59(34-27-31-53-44(32-34)40-17-7-12-25-52(40)61-53)50-23-13-19-41-37-15-4-9-21-46(37)58(55(41)50)47-22-10-5-18-43(47)54-48(58)30-29-42-39-16-6-11-24-51(39)60-56(42)54/h3-33H,1-2H3. The van der Waals surface area contributed by atoms with Crippen molar-refractivity contribution in [1.82, 2.24) is 0 Å². The molecular weight excluding hydrogens is 759 g/mol. The summed E-state index contributed by atoms with van der Waals surface area (Å²) in [7, 11) is 0. The van der Waals surface area contributed by atoms with E-state index in [1.807, 2.05) is 11.3 Å². The molecule has 1 atom stereocenters. The molecule has 0 saturated heterocycles. The predicted octanol–water partition coefficient (Wildman–Crippen LogP) is 16.1. The van der Waals surface area contributed by atoms with Crippen LogP contribution < -0.4 is 4.90 Å². The highest BCUT2D eigenvalue weighted by Gasteiger charge is 2.54. The van der Waals surface area contributed by atoms with Crippen molar-refractivity contribution in [3.63, 3.8) is 0 Å². The van der Waals surface area contributed by atoms with Crippen LogP contribution in [0.15, 0.2) is 192 Å². The molecule has 0 fully saturated rings. The minimum Gasteiger partial charge on any atom is -0.455 e. The average Bonchev–Trinajstić information content (AvgIpc) is 4.08. The first kappa shape index (κ1) is 33.6. The Labute approximate surface area is 357 Å². The van der Waals surface area contributed by atoms with Crippen LogP contribution in [-0.4, -0.2) is 0 Å². The summed E-state index contributed by atoms with van der Waals surface area (Å²) in [6.07, 6.45) is 0. The van der Waals surface area contributed by atoms with E-state index in [4.69, 9.17) is 4.42 Å². The van der Waals surface area contributed by atoms with Crippen LogP contribution >= 0.6 is 11.3 Å². The van der Waals surface area contributed by atoms with Gasteiger partial charge >= 0.3 is 0 Å². The van der Waals surface area contributed by atoms with Crippen molar-refractivity contribution in [3.8, 4) is 33.4 Å². The molecule has 11 aromatic rings. The molecule has 0 saturated carbocycles. The van der Waals surface area contributed by atoms with E-state index >= 15 is 0 Å². The van der Waals surface area contributed by atoms with Crippen LogP contribution in [0.3, 0.4) is 0 Å². The van der Waals surface area contributed by atoms with Gasteiger partial charge in [0.2, 0.25) is 0 Å². The first-order valence-electron chi connectivity index (χ1n) is 21.3. The lowest BCUT2D eigenvalue weighted by molar-refractivity contribution is 0.660. The lowest BCUT2D eigenvalue weighted by Gasteiger charge is -2.36. The number of furan rings is 1. The monoisotopic (exact) mass is 795 g/mol. The molecule has 2 nitrogen and oxygen atoms in total. The van der Waals surface area contributed by atoms with E-state index in [1.165, 1.54) is 92.6 Å². The molecule has 2 heterocycles. The van der Waals surface area contributed by atoms with Gasteiger partial charge in [-0.2, -0.15) is 0 Å². The lowest BCUT2D eigenvalue weighted by atomic mass is 9.70. The number of fused-ring (bicyclic) bond motifs is 20. The van der Waals surface area contributed by atoms with E-state index in [0.717, 1.165) is 33.3 Å². The van der Waals surface area contributed by atoms with Gasteiger partial charge in [-0.05, 0) is 104 Å². The normalized spacial score (nSPS) is 16.2. The maximum atomic E-state index is 6.89. The van der Waals surface area contributed by atoms with Gasteiger partial charge in [0, 0.05) is 58.9 Å². The van der Waals surface area contributed by atoms with E-state index in [2.05, 4.69) is 207 Å².